The molecule has 0 saturated carbocycles. The molecule has 0 unspecified atom stereocenters. The molecule has 0 bridgehead atoms. The van der Waals surface area contributed by atoms with Gasteiger partial charge in [-0.05, 0) is 29.8 Å². The predicted octanol–water partition coefficient (Wildman–Crippen LogP) is 3.69. The smallest absolute Gasteiger partial charge is 0.228 e. The largest absolute Gasteiger partial charge is 0.508 e. The number of morpholine rings is 1. The van der Waals surface area contributed by atoms with Crippen molar-refractivity contribution in [2.24, 2.45) is 0 Å². The van der Waals surface area contributed by atoms with E-state index >= 15 is 0 Å². The van der Waals surface area contributed by atoms with Crippen LogP contribution in [0.25, 0.3) is 22.4 Å². The van der Waals surface area contributed by atoms with Crippen molar-refractivity contribution in [2.45, 2.75) is 20.4 Å². The molecule has 2 aromatic heterocycles. The van der Waals surface area contributed by atoms with Gasteiger partial charge in [0.1, 0.15) is 17.0 Å². The van der Waals surface area contributed by atoms with E-state index < -0.39 is 0 Å². The van der Waals surface area contributed by atoms with Crippen molar-refractivity contribution in [3.8, 4) is 17.0 Å². The van der Waals surface area contributed by atoms with Crippen LogP contribution in [-0.2, 0) is 11.3 Å². The normalized spacial score (nSPS) is 13.6. The second-order valence-corrected chi connectivity index (χ2v) is 7.31. The summed E-state index contributed by atoms with van der Waals surface area (Å²) in [5.41, 5.74) is 10.6. The van der Waals surface area contributed by atoms with E-state index in [0.29, 0.717) is 36.9 Å². The molecule has 166 valence electrons. The van der Waals surface area contributed by atoms with Crippen LogP contribution >= 0.6 is 0 Å². The molecule has 0 amide bonds. The Bertz CT molecular complexity index is 1180. The summed E-state index contributed by atoms with van der Waals surface area (Å²) in [5.74, 6) is 0.830. The number of imidazole rings is 1. The number of nitrogens with zero attached hydrogens (tertiary/aromatic N) is 5. The summed E-state index contributed by atoms with van der Waals surface area (Å²) >= 11 is 0. The molecular weight excluding hydrogens is 404 g/mol. The highest BCUT2D eigenvalue weighted by Gasteiger charge is 2.20. The molecule has 1 aliphatic rings. The highest BCUT2D eigenvalue weighted by Crippen LogP contribution is 2.30. The zero-order valence-electron chi connectivity index (χ0n) is 18.4. The number of anilines is 2. The van der Waals surface area contributed by atoms with Gasteiger partial charge >= 0.3 is 0 Å². The van der Waals surface area contributed by atoms with Crippen LogP contribution in [0.1, 0.15) is 19.4 Å². The maximum atomic E-state index is 9.98. The summed E-state index contributed by atoms with van der Waals surface area (Å²) in [5, 5.41) is 9.98. The van der Waals surface area contributed by atoms with Gasteiger partial charge in [-0.15, -0.1) is 0 Å². The number of nitrogen functional groups attached to an aromatic ring is 1. The maximum Gasteiger partial charge on any atom is 0.228 e. The molecule has 8 nitrogen and oxygen atoms in total. The van der Waals surface area contributed by atoms with Crippen molar-refractivity contribution < 1.29 is 9.84 Å². The zero-order valence-corrected chi connectivity index (χ0v) is 18.4. The molecule has 5 rings (SSSR count). The number of nitrogens with two attached hydrogens (primary N) is 1. The van der Waals surface area contributed by atoms with Crippen molar-refractivity contribution in [3.63, 3.8) is 0 Å². The fourth-order valence-electron chi connectivity index (χ4n) is 3.63. The Kier molecular flexibility index (Phi) is 6.51. The van der Waals surface area contributed by atoms with Gasteiger partial charge in [0, 0.05) is 24.3 Å². The Morgan fingerprint density at radius 3 is 2.50 bits per heavy atom. The molecular formula is C24H28N6O2. The van der Waals surface area contributed by atoms with E-state index in [1.54, 1.807) is 24.5 Å². The average molecular weight is 433 g/mol. The molecule has 1 fully saturated rings. The van der Waals surface area contributed by atoms with Crippen molar-refractivity contribution >= 4 is 22.8 Å². The fourth-order valence-corrected chi connectivity index (χ4v) is 3.63. The minimum absolute atomic E-state index is 0.188. The number of ether oxygens (including phenoxy) is 1. The Morgan fingerprint density at radius 2 is 1.78 bits per heavy atom. The second-order valence-electron chi connectivity index (χ2n) is 7.31. The maximum absolute atomic E-state index is 9.98. The molecule has 1 aliphatic heterocycles. The summed E-state index contributed by atoms with van der Waals surface area (Å²) in [7, 11) is 0. The van der Waals surface area contributed by atoms with Crippen molar-refractivity contribution in [2.75, 3.05) is 36.9 Å². The van der Waals surface area contributed by atoms with Gasteiger partial charge in [-0.2, -0.15) is 4.98 Å². The van der Waals surface area contributed by atoms with Crippen LogP contribution in [0.2, 0.25) is 0 Å². The summed E-state index contributed by atoms with van der Waals surface area (Å²) in [6, 6.07) is 14.8. The molecule has 0 spiro atoms. The Labute approximate surface area is 187 Å². The molecule has 1 saturated heterocycles. The van der Waals surface area contributed by atoms with E-state index in [1.165, 1.54) is 0 Å². The number of fused-ring (bicyclic) bond motifs is 1. The minimum Gasteiger partial charge on any atom is -0.508 e. The summed E-state index contributed by atoms with van der Waals surface area (Å²) in [4.78, 5) is 16.4. The van der Waals surface area contributed by atoms with Crippen LogP contribution in [-0.4, -0.2) is 50.9 Å². The first-order valence-corrected chi connectivity index (χ1v) is 10.9. The lowest BCUT2D eigenvalue weighted by molar-refractivity contribution is 0.122. The number of hydrogen-bond acceptors (Lipinski definition) is 7. The molecule has 0 radical (unpaired) electrons. The van der Waals surface area contributed by atoms with Gasteiger partial charge in [-0.1, -0.05) is 38.1 Å². The highest BCUT2D eigenvalue weighted by molar-refractivity contribution is 5.88. The van der Waals surface area contributed by atoms with E-state index in [2.05, 4.69) is 9.88 Å². The van der Waals surface area contributed by atoms with Crippen molar-refractivity contribution in [3.05, 3.63) is 60.4 Å². The summed E-state index contributed by atoms with van der Waals surface area (Å²) in [6.45, 7) is 7.38. The highest BCUT2D eigenvalue weighted by atomic mass is 16.5. The Balaban J connectivity index is 0.00000119. The summed E-state index contributed by atoms with van der Waals surface area (Å²) < 4.78 is 7.49. The van der Waals surface area contributed by atoms with E-state index in [-0.39, 0.29) is 5.75 Å². The van der Waals surface area contributed by atoms with Crippen LogP contribution in [0.4, 0.5) is 11.6 Å². The van der Waals surface area contributed by atoms with Crippen molar-refractivity contribution in [1.82, 2.24) is 19.5 Å². The lowest BCUT2D eigenvalue weighted by Crippen LogP contribution is -2.37. The molecule has 3 heterocycles. The molecule has 32 heavy (non-hydrogen) atoms. The van der Waals surface area contributed by atoms with Gasteiger partial charge in [0.15, 0.2) is 5.65 Å². The lowest BCUT2D eigenvalue weighted by Gasteiger charge is -2.27. The summed E-state index contributed by atoms with van der Waals surface area (Å²) in [6.07, 6.45) is 1.78. The van der Waals surface area contributed by atoms with Gasteiger partial charge in [0.05, 0.1) is 26.1 Å². The van der Waals surface area contributed by atoms with Crippen LogP contribution in [0.5, 0.6) is 5.75 Å². The Hall–Kier alpha value is -3.65. The van der Waals surface area contributed by atoms with Gasteiger partial charge < -0.3 is 25.0 Å². The first kappa shape index (κ1) is 21.6. The van der Waals surface area contributed by atoms with E-state index in [4.69, 9.17) is 20.4 Å². The third-order valence-corrected chi connectivity index (χ3v) is 5.20. The molecule has 8 heteroatoms. The Morgan fingerprint density at radius 1 is 1.03 bits per heavy atom. The van der Waals surface area contributed by atoms with Crippen LogP contribution in [0, 0.1) is 0 Å². The monoisotopic (exact) mass is 432 g/mol. The SMILES string of the molecule is CC.Nc1ccc(Cn2cnc3c(-c4cccc(O)c4)nc(N4CCOCC4)nc32)cc1. The van der Waals surface area contributed by atoms with Crippen LogP contribution < -0.4 is 10.6 Å². The zero-order chi connectivity index (χ0) is 22.5. The number of benzene rings is 2. The molecule has 0 aliphatic carbocycles. The van der Waals surface area contributed by atoms with Gasteiger partial charge in [-0.25, -0.2) is 9.97 Å². The third-order valence-electron chi connectivity index (χ3n) is 5.20. The lowest BCUT2D eigenvalue weighted by atomic mass is 10.1. The van der Waals surface area contributed by atoms with E-state index in [1.807, 2.05) is 48.7 Å². The van der Waals surface area contributed by atoms with Gasteiger partial charge in [-0.3, -0.25) is 0 Å². The fraction of sp³-hybridized carbons (Fsp3) is 0.292. The average Bonchev–Trinajstić information content (AvgIpc) is 3.24. The predicted molar refractivity (Wildman–Crippen MR) is 127 cm³/mol. The van der Waals surface area contributed by atoms with Crippen LogP contribution in [0.15, 0.2) is 54.9 Å². The quantitative estimate of drug-likeness (QED) is 0.474. The number of rotatable bonds is 4. The molecule has 2 aromatic carbocycles. The first-order chi connectivity index (χ1) is 15.7. The number of aromatic hydroxyl groups is 1. The number of hydrogen-bond donors (Lipinski definition) is 2. The first-order valence-electron chi connectivity index (χ1n) is 10.9. The number of phenols is 1. The van der Waals surface area contributed by atoms with Crippen LogP contribution in [0.3, 0.4) is 0 Å². The van der Waals surface area contributed by atoms with Crippen molar-refractivity contribution in [1.29, 1.82) is 0 Å². The topological polar surface area (TPSA) is 102 Å². The molecule has 4 aromatic rings. The standard InChI is InChI=1S/C22H22N6O2.C2H6/c23-17-6-4-15(5-7-17)13-28-14-24-20-19(16-2-1-3-18(29)12-16)25-22(26-21(20)28)27-8-10-30-11-9-27;1-2/h1-7,12,14,29H,8-11,13,23H2;1-2H3. The minimum atomic E-state index is 0.188. The molecule has 0 atom stereocenters. The van der Waals surface area contributed by atoms with E-state index in [9.17, 15) is 5.11 Å². The number of phenolic OH excluding ortho intramolecular Hbond substituents is 1. The second kappa shape index (κ2) is 9.65. The number of aromatic nitrogens is 4. The third kappa shape index (κ3) is 4.50. The van der Waals surface area contributed by atoms with Gasteiger partial charge in [0.2, 0.25) is 5.95 Å². The van der Waals surface area contributed by atoms with Gasteiger partial charge in [0.25, 0.3) is 0 Å². The molecule has 3 N–H and O–H groups in total. The van der Waals surface area contributed by atoms with E-state index in [0.717, 1.165) is 35.6 Å².